The number of ether oxygens (including phenoxy) is 1. The molecule has 6 heteroatoms. The highest BCUT2D eigenvalue weighted by Crippen LogP contribution is 2.27. The third-order valence-electron chi connectivity index (χ3n) is 2.59. The lowest BCUT2D eigenvalue weighted by Gasteiger charge is -2.17. The number of hydrogen-bond acceptors (Lipinski definition) is 3. The Kier molecular flexibility index (Phi) is 6.99. The molecule has 0 aliphatic heterocycles. The summed E-state index contributed by atoms with van der Waals surface area (Å²) in [4.78, 5) is 13.4. The number of nitrogens with zero attached hydrogens (tertiary/aromatic N) is 1. The van der Waals surface area contributed by atoms with E-state index < -0.39 is 0 Å². The van der Waals surface area contributed by atoms with E-state index in [-0.39, 0.29) is 5.91 Å². The zero-order chi connectivity index (χ0) is 14.3. The molecular formula is C13H18Cl2N2O2. The molecule has 106 valence electrons. The first-order chi connectivity index (χ1) is 9.04. The molecule has 1 aromatic rings. The lowest BCUT2D eigenvalue weighted by Crippen LogP contribution is -2.33. The maximum atomic E-state index is 11.7. The van der Waals surface area contributed by atoms with Crippen molar-refractivity contribution in [3.05, 3.63) is 28.2 Å². The van der Waals surface area contributed by atoms with Gasteiger partial charge in [-0.1, -0.05) is 23.2 Å². The molecule has 4 nitrogen and oxygen atoms in total. The van der Waals surface area contributed by atoms with E-state index >= 15 is 0 Å². The quantitative estimate of drug-likeness (QED) is 0.841. The molecule has 0 saturated heterocycles. The van der Waals surface area contributed by atoms with E-state index in [1.165, 1.54) is 0 Å². The van der Waals surface area contributed by atoms with Crippen molar-refractivity contribution in [3.63, 3.8) is 0 Å². The Morgan fingerprint density at radius 3 is 2.79 bits per heavy atom. The van der Waals surface area contributed by atoms with Crippen molar-refractivity contribution in [2.45, 2.75) is 6.42 Å². The van der Waals surface area contributed by atoms with Crippen LogP contribution in [0.5, 0.6) is 5.75 Å². The fourth-order valence-electron chi connectivity index (χ4n) is 1.44. The molecule has 0 spiro atoms. The summed E-state index contributed by atoms with van der Waals surface area (Å²) in [6.07, 6.45) is 0.319. The number of rotatable bonds is 7. The molecule has 1 aromatic carbocycles. The molecule has 0 aliphatic carbocycles. The van der Waals surface area contributed by atoms with Gasteiger partial charge in [-0.3, -0.25) is 4.79 Å². The molecule has 0 unspecified atom stereocenters. The first-order valence-corrected chi connectivity index (χ1v) is 6.76. The average Bonchev–Trinajstić information content (AvgIpc) is 2.38. The maximum absolute atomic E-state index is 11.7. The van der Waals surface area contributed by atoms with Crippen LogP contribution in [0.4, 0.5) is 0 Å². The van der Waals surface area contributed by atoms with Crippen LogP contribution in [0.1, 0.15) is 6.42 Å². The zero-order valence-corrected chi connectivity index (χ0v) is 12.6. The summed E-state index contributed by atoms with van der Waals surface area (Å²) in [7, 11) is 3.62. The van der Waals surface area contributed by atoms with Crippen molar-refractivity contribution >= 4 is 29.1 Å². The van der Waals surface area contributed by atoms with E-state index in [2.05, 4.69) is 5.32 Å². The monoisotopic (exact) mass is 304 g/mol. The lowest BCUT2D eigenvalue weighted by molar-refractivity contribution is -0.130. The van der Waals surface area contributed by atoms with Gasteiger partial charge in [0.05, 0.1) is 18.1 Å². The summed E-state index contributed by atoms with van der Waals surface area (Å²) in [5.41, 5.74) is 0. The van der Waals surface area contributed by atoms with Gasteiger partial charge in [-0.2, -0.15) is 0 Å². The van der Waals surface area contributed by atoms with Crippen LogP contribution in [0.15, 0.2) is 18.2 Å². The molecule has 0 heterocycles. The number of benzene rings is 1. The molecule has 0 fully saturated rings. The van der Waals surface area contributed by atoms with Gasteiger partial charge in [-0.15, -0.1) is 0 Å². The summed E-state index contributed by atoms with van der Waals surface area (Å²) < 4.78 is 5.46. The Hall–Kier alpha value is -0.970. The second-order valence-electron chi connectivity index (χ2n) is 4.09. The predicted molar refractivity (Wildman–Crippen MR) is 78.1 cm³/mol. The predicted octanol–water partition coefficient (Wildman–Crippen LogP) is 2.44. The van der Waals surface area contributed by atoms with E-state index in [0.717, 1.165) is 6.54 Å². The fourth-order valence-corrected chi connectivity index (χ4v) is 1.90. The Morgan fingerprint density at radius 1 is 1.42 bits per heavy atom. The number of carbonyl (C=O) groups excluding carboxylic acids is 1. The van der Waals surface area contributed by atoms with Gasteiger partial charge in [0.15, 0.2) is 0 Å². The molecule has 0 bridgehead atoms. The van der Waals surface area contributed by atoms with Crippen molar-refractivity contribution in [3.8, 4) is 5.75 Å². The Labute approximate surface area is 123 Å². The second-order valence-corrected chi connectivity index (χ2v) is 4.94. The molecule has 1 amide bonds. The SMILES string of the molecule is CNCCN(C)C(=O)CCOc1ccc(Cl)cc1Cl. The first kappa shape index (κ1) is 16.1. The van der Waals surface area contributed by atoms with Crippen molar-refractivity contribution in [2.24, 2.45) is 0 Å². The number of hydrogen-bond donors (Lipinski definition) is 1. The van der Waals surface area contributed by atoms with Crippen LogP contribution in [0.3, 0.4) is 0 Å². The van der Waals surface area contributed by atoms with Crippen molar-refractivity contribution < 1.29 is 9.53 Å². The highest BCUT2D eigenvalue weighted by molar-refractivity contribution is 6.35. The topological polar surface area (TPSA) is 41.6 Å². The number of amides is 1. The van der Waals surface area contributed by atoms with E-state index in [0.29, 0.717) is 35.4 Å². The van der Waals surface area contributed by atoms with Gasteiger partial charge < -0.3 is 15.0 Å². The Morgan fingerprint density at radius 2 is 2.16 bits per heavy atom. The number of carbonyl (C=O) groups is 1. The van der Waals surface area contributed by atoms with Crippen molar-refractivity contribution in [1.29, 1.82) is 0 Å². The largest absolute Gasteiger partial charge is 0.491 e. The van der Waals surface area contributed by atoms with Crippen molar-refractivity contribution in [2.75, 3.05) is 33.8 Å². The summed E-state index contributed by atoms with van der Waals surface area (Å²) in [6, 6.07) is 5.00. The molecule has 0 radical (unpaired) electrons. The van der Waals surface area contributed by atoms with Crippen LogP contribution in [0, 0.1) is 0 Å². The highest BCUT2D eigenvalue weighted by Gasteiger charge is 2.09. The standard InChI is InChI=1S/C13H18Cl2N2O2/c1-16-6-7-17(2)13(18)5-8-19-12-4-3-10(14)9-11(12)15/h3-4,9,16H,5-8H2,1-2H3. The van der Waals surface area contributed by atoms with Crippen LogP contribution in [-0.4, -0.2) is 44.6 Å². The molecule has 19 heavy (non-hydrogen) atoms. The normalized spacial score (nSPS) is 10.3. The fraction of sp³-hybridized carbons (Fsp3) is 0.462. The molecule has 0 saturated carbocycles. The summed E-state index contributed by atoms with van der Waals surface area (Å²) in [5, 5.41) is 4.00. The van der Waals surface area contributed by atoms with E-state index in [1.807, 2.05) is 7.05 Å². The third kappa shape index (κ3) is 5.68. The van der Waals surface area contributed by atoms with Gasteiger partial charge in [0.25, 0.3) is 0 Å². The molecule has 0 atom stereocenters. The third-order valence-corrected chi connectivity index (χ3v) is 3.12. The molecule has 1 rings (SSSR count). The van der Waals surface area contributed by atoms with Crippen LogP contribution in [0.2, 0.25) is 10.0 Å². The molecule has 0 aromatic heterocycles. The van der Waals surface area contributed by atoms with Gasteiger partial charge >= 0.3 is 0 Å². The minimum absolute atomic E-state index is 0.0420. The summed E-state index contributed by atoms with van der Waals surface area (Å²) >= 11 is 11.7. The zero-order valence-electron chi connectivity index (χ0n) is 11.1. The summed E-state index contributed by atoms with van der Waals surface area (Å²) in [6.45, 7) is 1.74. The van der Waals surface area contributed by atoms with Gasteiger partial charge in [-0.25, -0.2) is 0 Å². The number of halogens is 2. The van der Waals surface area contributed by atoms with Gasteiger partial charge in [0, 0.05) is 25.2 Å². The lowest BCUT2D eigenvalue weighted by atomic mass is 10.3. The number of nitrogens with one attached hydrogen (secondary N) is 1. The van der Waals surface area contributed by atoms with E-state index in [1.54, 1.807) is 30.1 Å². The second kappa shape index (κ2) is 8.25. The van der Waals surface area contributed by atoms with E-state index in [9.17, 15) is 4.79 Å². The minimum Gasteiger partial charge on any atom is -0.491 e. The molecular weight excluding hydrogens is 287 g/mol. The van der Waals surface area contributed by atoms with Crippen molar-refractivity contribution in [1.82, 2.24) is 10.2 Å². The Bertz CT molecular complexity index is 427. The smallest absolute Gasteiger partial charge is 0.225 e. The average molecular weight is 305 g/mol. The Balaban J connectivity index is 2.35. The van der Waals surface area contributed by atoms with E-state index in [4.69, 9.17) is 27.9 Å². The number of likely N-dealkylation sites (N-methyl/N-ethyl adjacent to an activating group) is 2. The molecule has 1 N–H and O–H groups in total. The van der Waals surface area contributed by atoms with Gasteiger partial charge in [0.1, 0.15) is 5.75 Å². The van der Waals surface area contributed by atoms with Gasteiger partial charge in [0.2, 0.25) is 5.91 Å². The van der Waals surface area contributed by atoms with Crippen LogP contribution in [-0.2, 0) is 4.79 Å². The first-order valence-electron chi connectivity index (χ1n) is 6.01. The van der Waals surface area contributed by atoms with Crippen LogP contribution >= 0.6 is 23.2 Å². The van der Waals surface area contributed by atoms with Gasteiger partial charge in [-0.05, 0) is 25.2 Å². The molecule has 0 aliphatic rings. The minimum atomic E-state index is 0.0420. The maximum Gasteiger partial charge on any atom is 0.225 e. The summed E-state index contributed by atoms with van der Waals surface area (Å²) in [5.74, 6) is 0.581. The van der Waals surface area contributed by atoms with Crippen LogP contribution in [0.25, 0.3) is 0 Å². The highest BCUT2D eigenvalue weighted by atomic mass is 35.5. The van der Waals surface area contributed by atoms with Crippen LogP contribution < -0.4 is 10.1 Å².